The van der Waals surface area contributed by atoms with E-state index in [4.69, 9.17) is 0 Å². The third kappa shape index (κ3) is 8.26. The molecule has 0 aromatic heterocycles. The largest absolute Gasteiger partial charge is 0.310 e. The van der Waals surface area contributed by atoms with Crippen LogP contribution in [-0.2, 0) is 5.41 Å². The number of nitrogens with zero attached hydrogens (tertiary/aromatic N) is 2. The van der Waals surface area contributed by atoms with Crippen LogP contribution in [0, 0.1) is 11.6 Å². The van der Waals surface area contributed by atoms with E-state index >= 15 is 8.78 Å². The van der Waals surface area contributed by atoms with E-state index in [0.29, 0.717) is 11.8 Å². The van der Waals surface area contributed by atoms with E-state index in [0.717, 1.165) is 111 Å². The van der Waals surface area contributed by atoms with Gasteiger partial charge in [0, 0.05) is 34.1 Å². The Kier molecular flexibility index (Phi) is 12.2. The Labute approximate surface area is 506 Å². The number of fused-ring (bicyclic) bond motifs is 17. The Bertz CT molecular complexity index is 5040. The molecule has 2 aliphatic carbocycles. The van der Waals surface area contributed by atoms with E-state index in [2.05, 4.69) is 274 Å². The lowest BCUT2D eigenvalue weighted by Gasteiger charge is -2.33. The monoisotopic (exact) mass is 1120 g/mol. The summed E-state index contributed by atoms with van der Waals surface area (Å²) in [5, 5.41) is 8.84. The van der Waals surface area contributed by atoms with Crippen molar-refractivity contribution in [3.8, 4) is 44.5 Å². The van der Waals surface area contributed by atoms with Crippen LogP contribution in [0.15, 0.2) is 279 Å². The molecule has 2 nitrogen and oxygen atoms in total. The minimum atomic E-state index is -0.789. The molecule has 0 saturated heterocycles. The van der Waals surface area contributed by atoms with Crippen molar-refractivity contribution in [1.29, 1.82) is 0 Å². The highest BCUT2D eigenvalue weighted by Gasteiger charge is 2.53. The Morgan fingerprint density at radius 3 is 1.24 bits per heavy atom. The summed E-state index contributed by atoms with van der Waals surface area (Å²) in [6.45, 7) is 8.86. The average Bonchev–Trinajstić information content (AvgIpc) is 1.51. The number of rotatable bonds is 10. The summed E-state index contributed by atoms with van der Waals surface area (Å²) in [5.74, 6) is 0.0423. The second-order valence-corrected chi connectivity index (χ2v) is 24.2. The molecule has 0 radical (unpaired) electrons. The highest BCUT2D eigenvalue weighted by atomic mass is 19.1. The molecule has 0 atom stereocenters. The van der Waals surface area contributed by atoms with Crippen molar-refractivity contribution in [2.75, 3.05) is 9.80 Å². The second-order valence-electron chi connectivity index (χ2n) is 24.2. The predicted octanol–water partition coefficient (Wildman–Crippen LogP) is 23.4. The molecule has 0 amide bonds. The Morgan fingerprint density at radius 1 is 0.287 bits per heavy atom. The van der Waals surface area contributed by atoms with Gasteiger partial charge < -0.3 is 9.80 Å². The Balaban J connectivity index is 0.949. The summed E-state index contributed by atoms with van der Waals surface area (Å²) < 4.78 is 33.4. The lowest BCUT2D eigenvalue weighted by molar-refractivity contribution is 0.628. The van der Waals surface area contributed by atoms with Gasteiger partial charge in [-0.15, -0.1) is 0 Å². The van der Waals surface area contributed by atoms with E-state index in [1.807, 2.05) is 18.2 Å². The normalized spacial score (nSPS) is 12.8. The maximum Gasteiger partial charge on any atom is 0.125 e. The molecule has 0 fully saturated rings. The summed E-state index contributed by atoms with van der Waals surface area (Å²) >= 11 is 0. The summed E-state index contributed by atoms with van der Waals surface area (Å²) in [4.78, 5) is 4.47. The lowest BCUT2D eigenvalue weighted by atomic mass is 9.69. The summed E-state index contributed by atoms with van der Waals surface area (Å²) in [6, 6.07) is 98.3. The molecule has 1 spiro atoms. The molecule has 87 heavy (non-hydrogen) atoms. The molecule has 0 saturated carbocycles. The van der Waals surface area contributed by atoms with Gasteiger partial charge in [0.1, 0.15) is 11.6 Å². The van der Waals surface area contributed by atoms with Gasteiger partial charge in [-0.1, -0.05) is 222 Å². The van der Waals surface area contributed by atoms with Gasteiger partial charge in [-0.3, -0.25) is 0 Å². The summed E-state index contributed by atoms with van der Waals surface area (Å²) in [6.07, 6.45) is 0. The van der Waals surface area contributed by atoms with Gasteiger partial charge >= 0.3 is 0 Å². The Hall–Kier alpha value is -10.4. The van der Waals surface area contributed by atoms with Crippen LogP contribution in [0.4, 0.5) is 42.9 Å². The second kappa shape index (κ2) is 20.4. The highest BCUT2D eigenvalue weighted by Crippen LogP contribution is 2.66. The molecule has 14 aromatic rings. The van der Waals surface area contributed by atoms with Gasteiger partial charge in [-0.25, -0.2) is 8.78 Å². The fourth-order valence-corrected chi connectivity index (χ4v) is 14.7. The smallest absolute Gasteiger partial charge is 0.125 e. The number of hydrogen-bond acceptors (Lipinski definition) is 2. The van der Waals surface area contributed by atoms with Crippen LogP contribution in [0.25, 0.3) is 87.6 Å². The molecule has 14 aromatic carbocycles. The van der Waals surface area contributed by atoms with Gasteiger partial charge in [0.2, 0.25) is 0 Å². The van der Waals surface area contributed by atoms with Crippen LogP contribution in [0.1, 0.15) is 72.9 Å². The number of benzene rings is 14. The van der Waals surface area contributed by atoms with Crippen LogP contribution in [0.3, 0.4) is 0 Å². The average molecular weight is 1120 g/mol. The summed E-state index contributed by atoms with van der Waals surface area (Å²) in [5.41, 5.74) is 19.9. The van der Waals surface area contributed by atoms with Crippen molar-refractivity contribution >= 4 is 77.2 Å². The molecule has 0 unspecified atom stereocenters. The maximum absolute atomic E-state index is 16.8. The maximum atomic E-state index is 16.8. The molecule has 416 valence electrons. The van der Waals surface area contributed by atoms with E-state index < -0.39 is 5.41 Å². The van der Waals surface area contributed by atoms with Gasteiger partial charge in [0.25, 0.3) is 0 Å². The first kappa shape index (κ1) is 52.2. The van der Waals surface area contributed by atoms with Crippen molar-refractivity contribution < 1.29 is 8.78 Å². The topological polar surface area (TPSA) is 6.48 Å². The SMILES string of the molecule is CC(C)c1ccc(N(c2cc(F)cc(-c3cccc4ccccc34)c2)c2ccc3c(c2)C2(c4ccccc4-c4ccccc42)c2c-3c3ccccc3c3cc(N(c4ccc(C(C)C)cc4)c4cc(F)cc(-c5cccc6ccccc56)c4)ccc23)cc1. The van der Waals surface area contributed by atoms with Crippen molar-refractivity contribution in [3.05, 3.63) is 324 Å². The van der Waals surface area contributed by atoms with Crippen molar-refractivity contribution in [2.45, 2.75) is 44.9 Å². The van der Waals surface area contributed by atoms with Crippen molar-refractivity contribution in [1.82, 2.24) is 0 Å². The molecule has 16 rings (SSSR count). The van der Waals surface area contributed by atoms with Crippen LogP contribution in [-0.4, -0.2) is 0 Å². The quantitative estimate of drug-likeness (QED) is 0.126. The van der Waals surface area contributed by atoms with Crippen LogP contribution < -0.4 is 9.80 Å². The molecular formula is C83H60F2N2. The van der Waals surface area contributed by atoms with E-state index in [9.17, 15) is 0 Å². The summed E-state index contributed by atoms with van der Waals surface area (Å²) in [7, 11) is 0. The lowest BCUT2D eigenvalue weighted by Crippen LogP contribution is -2.26. The van der Waals surface area contributed by atoms with Gasteiger partial charge in [0.05, 0.1) is 5.41 Å². The first-order valence-corrected chi connectivity index (χ1v) is 30.3. The van der Waals surface area contributed by atoms with Crippen LogP contribution in [0.2, 0.25) is 0 Å². The highest BCUT2D eigenvalue weighted by molar-refractivity contribution is 6.21. The minimum Gasteiger partial charge on any atom is -0.310 e. The number of anilines is 6. The minimum absolute atomic E-state index is 0.310. The molecule has 0 aliphatic heterocycles. The molecule has 0 N–H and O–H groups in total. The van der Waals surface area contributed by atoms with E-state index in [1.165, 1.54) is 44.5 Å². The van der Waals surface area contributed by atoms with Gasteiger partial charge in [-0.2, -0.15) is 0 Å². The molecule has 4 heteroatoms. The predicted molar refractivity (Wildman–Crippen MR) is 361 cm³/mol. The standard InChI is InChI=1S/C83H60F2N2/c1-51(2)53-31-35-61(36-32-53)86(65-45-57(43-59(84)47-65)69-27-15-19-55-17-5-7-21-67(55)69)63-39-41-75-77(49-63)71-23-9-10-26-74(71)81-76-42-40-64(50-80(76)83(82(75)81)78-29-13-11-24-72(78)73-25-12-14-30-79(73)83)87(62-37-33-54(34-38-62)52(3)4)66-46-58(44-60(85)48-66)70-28-16-20-56-18-6-8-22-68(56)70/h5-52H,1-4H3. The van der Waals surface area contributed by atoms with Crippen molar-refractivity contribution in [2.24, 2.45) is 0 Å². The molecule has 2 aliphatic rings. The first-order valence-electron chi connectivity index (χ1n) is 30.3. The molecule has 0 heterocycles. The third-order valence-electron chi connectivity index (χ3n) is 18.6. The number of halogens is 2. The zero-order valence-electron chi connectivity index (χ0n) is 48.9. The van der Waals surface area contributed by atoms with Gasteiger partial charge in [-0.05, 0) is 218 Å². The van der Waals surface area contributed by atoms with E-state index in [1.54, 1.807) is 24.3 Å². The number of hydrogen-bond donors (Lipinski definition) is 0. The van der Waals surface area contributed by atoms with E-state index in [-0.39, 0.29) is 11.6 Å². The Morgan fingerprint density at radius 2 is 0.713 bits per heavy atom. The zero-order valence-corrected chi connectivity index (χ0v) is 48.9. The fourth-order valence-electron chi connectivity index (χ4n) is 14.7. The fraction of sp³-hybridized carbons (Fsp3) is 0.0843. The van der Waals surface area contributed by atoms with Crippen molar-refractivity contribution in [3.63, 3.8) is 0 Å². The van der Waals surface area contributed by atoms with Crippen LogP contribution >= 0.6 is 0 Å². The zero-order chi connectivity index (χ0) is 58.7. The molecular weight excluding hydrogens is 1060 g/mol. The van der Waals surface area contributed by atoms with Gasteiger partial charge in [0.15, 0.2) is 0 Å². The van der Waals surface area contributed by atoms with Crippen LogP contribution in [0.5, 0.6) is 0 Å². The molecule has 0 bridgehead atoms. The third-order valence-corrected chi connectivity index (χ3v) is 18.6. The first-order chi connectivity index (χ1) is 42.6.